The first kappa shape index (κ1) is 16.3. The first-order valence-electron chi connectivity index (χ1n) is 7.09. The minimum Gasteiger partial charge on any atom is -0.395 e. The smallest absolute Gasteiger partial charge is 0.252 e. The summed E-state index contributed by atoms with van der Waals surface area (Å²) in [6, 6.07) is 7.48. The van der Waals surface area contributed by atoms with Crippen molar-refractivity contribution in [2.24, 2.45) is 5.92 Å². The molecule has 0 aliphatic heterocycles. The highest BCUT2D eigenvalue weighted by Crippen LogP contribution is 2.11. The van der Waals surface area contributed by atoms with Crippen molar-refractivity contribution in [3.63, 3.8) is 0 Å². The number of carbonyl (C=O) groups excluding carboxylic acids is 1. The van der Waals surface area contributed by atoms with Crippen molar-refractivity contribution < 1.29 is 9.90 Å². The zero-order chi connectivity index (χ0) is 15.0. The molecule has 0 heterocycles. The van der Waals surface area contributed by atoms with Crippen LogP contribution in [0.2, 0.25) is 0 Å². The van der Waals surface area contributed by atoms with Crippen LogP contribution in [0.4, 0.5) is 0 Å². The molecule has 1 unspecified atom stereocenters. The van der Waals surface area contributed by atoms with E-state index >= 15 is 0 Å². The van der Waals surface area contributed by atoms with E-state index in [1.165, 1.54) is 0 Å². The van der Waals surface area contributed by atoms with E-state index in [4.69, 9.17) is 5.11 Å². The van der Waals surface area contributed by atoms with Crippen LogP contribution in [0.15, 0.2) is 24.3 Å². The number of carbonyl (C=O) groups is 1. The monoisotopic (exact) mass is 273 g/mol. The van der Waals surface area contributed by atoms with Crippen molar-refractivity contribution in [3.05, 3.63) is 35.4 Å². The maximum atomic E-state index is 12.3. The lowest BCUT2D eigenvalue weighted by Gasteiger charge is -2.21. The Kier molecular flexibility index (Phi) is 6.83. The number of aliphatic hydroxyl groups excluding tert-OH is 1. The van der Waals surface area contributed by atoms with Crippen LogP contribution in [0.1, 0.15) is 49.5 Å². The van der Waals surface area contributed by atoms with Crippen molar-refractivity contribution >= 4 is 5.91 Å². The highest BCUT2D eigenvalue weighted by molar-refractivity contribution is 5.96. The number of amides is 1. The number of benzene rings is 1. The van der Waals surface area contributed by atoms with Gasteiger partial charge in [-0.15, -0.1) is 0 Å². The van der Waals surface area contributed by atoms with Gasteiger partial charge < -0.3 is 10.4 Å². The van der Waals surface area contributed by atoms with Gasteiger partial charge in [0.2, 0.25) is 0 Å². The van der Waals surface area contributed by atoms with Gasteiger partial charge in [-0.25, -0.2) is 0 Å². The second-order valence-corrected chi connectivity index (χ2v) is 5.05. The zero-order valence-electron chi connectivity index (χ0n) is 12.4. The van der Waals surface area contributed by atoms with Crippen molar-refractivity contribution in [1.29, 1.82) is 0 Å². The average Bonchev–Trinajstić information content (AvgIpc) is 2.45. The lowest BCUT2D eigenvalue weighted by Crippen LogP contribution is -2.38. The molecule has 1 aromatic rings. The third-order valence-corrected chi connectivity index (χ3v) is 3.19. The van der Waals surface area contributed by atoms with Crippen molar-refractivity contribution in [2.75, 3.05) is 6.61 Å². The fourth-order valence-electron chi connectivity index (χ4n) is 1.99. The molecule has 0 saturated heterocycles. The van der Waals surface area contributed by atoms with Crippen LogP contribution in [-0.4, -0.2) is 23.7 Å². The van der Waals surface area contributed by atoms with Gasteiger partial charge >= 0.3 is 0 Å². The Balaban J connectivity index is 2.91. The number of nitrogens with one attached hydrogen (secondary N) is 1. The predicted octanol–water partition coefficient (Wildman–Crippen LogP) is 2.58. The summed E-state index contributed by atoms with van der Waals surface area (Å²) in [6.07, 6.45) is 1.32. The van der Waals surface area contributed by atoms with Gasteiger partial charge in [-0.3, -0.25) is 4.79 Å². The SMILES string of the molecule is CCC(NC(=O)c1ccccc1C#CCCO)C(C)C. The first-order valence-corrected chi connectivity index (χ1v) is 7.09. The summed E-state index contributed by atoms with van der Waals surface area (Å²) in [6.45, 7) is 6.30. The second-order valence-electron chi connectivity index (χ2n) is 5.05. The molecular formula is C17H23NO2. The van der Waals surface area contributed by atoms with E-state index < -0.39 is 0 Å². The number of hydrogen-bond acceptors (Lipinski definition) is 2. The van der Waals surface area contributed by atoms with Crippen molar-refractivity contribution in [1.82, 2.24) is 5.32 Å². The van der Waals surface area contributed by atoms with Crippen molar-refractivity contribution in [3.8, 4) is 11.8 Å². The Hall–Kier alpha value is -1.79. The molecule has 0 spiro atoms. The lowest BCUT2D eigenvalue weighted by molar-refractivity contribution is 0.0924. The second kappa shape index (κ2) is 8.39. The molecule has 0 aliphatic rings. The Morgan fingerprint density at radius 3 is 2.65 bits per heavy atom. The molecule has 0 aromatic heterocycles. The third-order valence-electron chi connectivity index (χ3n) is 3.19. The van der Waals surface area contributed by atoms with E-state index in [1.54, 1.807) is 6.07 Å². The van der Waals surface area contributed by atoms with E-state index in [0.29, 0.717) is 23.5 Å². The van der Waals surface area contributed by atoms with Crippen LogP contribution in [0.5, 0.6) is 0 Å². The van der Waals surface area contributed by atoms with E-state index in [1.807, 2.05) is 18.2 Å². The summed E-state index contributed by atoms with van der Waals surface area (Å²) < 4.78 is 0. The minimum atomic E-state index is -0.0838. The molecule has 0 saturated carbocycles. The standard InChI is InChI=1S/C17H23NO2/c1-4-16(13(2)3)18-17(20)15-11-6-5-9-14(15)10-7-8-12-19/h5-6,9,11,13,16,19H,4,8,12H2,1-3H3,(H,18,20). The van der Waals surface area contributed by atoms with Crippen LogP contribution in [0.25, 0.3) is 0 Å². The first-order chi connectivity index (χ1) is 9.60. The van der Waals surface area contributed by atoms with Gasteiger partial charge in [-0.05, 0) is 24.5 Å². The molecule has 2 N–H and O–H groups in total. The molecule has 1 atom stereocenters. The molecule has 0 bridgehead atoms. The molecule has 0 aliphatic carbocycles. The van der Waals surface area contributed by atoms with Gasteiger partial charge in [0.15, 0.2) is 0 Å². The average molecular weight is 273 g/mol. The van der Waals surface area contributed by atoms with Crippen LogP contribution in [-0.2, 0) is 0 Å². The maximum absolute atomic E-state index is 12.3. The molecular weight excluding hydrogens is 250 g/mol. The molecule has 0 radical (unpaired) electrons. The van der Waals surface area contributed by atoms with Gasteiger partial charge in [-0.1, -0.05) is 44.7 Å². The quantitative estimate of drug-likeness (QED) is 0.810. The van der Waals surface area contributed by atoms with Crippen LogP contribution in [0, 0.1) is 17.8 Å². The zero-order valence-corrected chi connectivity index (χ0v) is 12.4. The van der Waals surface area contributed by atoms with Crippen molar-refractivity contribution in [2.45, 2.75) is 39.7 Å². The molecule has 1 rings (SSSR count). The molecule has 108 valence electrons. The predicted molar refractivity (Wildman–Crippen MR) is 81.4 cm³/mol. The van der Waals surface area contributed by atoms with Gasteiger partial charge in [0, 0.05) is 18.0 Å². The lowest BCUT2D eigenvalue weighted by atomic mass is 10.0. The number of aliphatic hydroxyl groups is 1. The van der Waals surface area contributed by atoms with Gasteiger partial charge in [0.05, 0.1) is 12.2 Å². The largest absolute Gasteiger partial charge is 0.395 e. The van der Waals surface area contributed by atoms with Crippen LogP contribution in [0.3, 0.4) is 0 Å². The summed E-state index contributed by atoms with van der Waals surface area (Å²) >= 11 is 0. The molecule has 3 heteroatoms. The number of rotatable bonds is 5. The molecule has 3 nitrogen and oxygen atoms in total. The Morgan fingerprint density at radius 2 is 2.05 bits per heavy atom. The van der Waals surface area contributed by atoms with E-state index in [-0.39, 0.29) is 18.6 Å². The topological polar surface area (TPSA) is 49.3 Å². The minimum absolute atomic E-state index is 0.0343. The Labute approximate surface area is 121 Å². The summed E-state index contributed by atoms with van der Waals surface area (Å²) in [5, 5.41) is 11.8. The number of hydrogen-bond donors (Lipinski definition) is 2. The highest BCUT2D eigenvalue weighted by atomic mass is 16.2. The van der Waals surface area contributed by atoms with Crippen LogP contribution < -0.4 is 5.32 Å². The molecule has 20 heavy (non-hydrogen) atoms. The van der Waals surface area contributed by atoms with E-state index in [2.05, 4.69) is 37.9 Å². The van der Waals surface area contributed by atoms with E-state index in [0.717, 1.165) is 6.42 Å². The maximum Gasteiger partial charge on any atom is 0.252 e. The molecule has 0 fully saturated rings. The van der Waals surface area contributed by atoms with Gasteiger partial charge in [0.25, 0.3) is 5.91 Å². The highest BCUT2D eigenvalue weighted by Gasteiger charge is 2.16. The third kappa shape index (κ3) is 4.71. The summed E-state index contributed by atoms with van der Waals surface area (Å²) in [4.78, 5) is 12.3. The van der Waals surface area contributed by atoms with Crippen LogP contribution >= 0.6 is 0 Å². The normalized spacial score (nSPS) is 11.7. The molecule has 1 amide bonds. The fraction of sp³-hybridized carbons (Fsp3) is 0.471. The summed E-state index contributed by atoms with van der Waals surface area (Å²) in [5.41, 5.74) is 1.30. The molecule has 1 aromatic carbocycles. The Morgan fingerprint density at radius 1 is 1.35 bits per heavy atom. The van der Waals surface area contributed by atoms with Gasteiger partial charge in [-0.2, -0.15) is 0 Å². The summed E-state index contributed by atoms with van der Waals surface area (Å²) in [7, 11) is 0. The van der Waals surface area contributed by atoms with Gasteiger partial charge in [0.1, 0.15) is 0 Å². The van der Waals surface area contributed by atoms with E-state index in [9.17, 15) is 4.79 Å². The Bertz CT molecular complexity index is 497. The summed E-state index contributed by atoms with van der Waals surface area (Å²) in [5.74, 6) is 6.12. The fourth-order valence-corrected chi connectivity index (χ4v) is 1.99.